The van der Waals surface area contributed by atoms with E-state index in [2.05, 4.69) is 9.72 Å². The van der Waals surface area contributed by atoms with Gasteiger partial charge in [0.05, 0.1) is 12.7 Å². The normalized spacial score (nSPS) is 11.8. The summed E-state index contributed by atoms with van der Waals surface area (Å²) in [5.41, 5.74) is 4.56. The topological polar surface area (TPSA) is 82.3 Å². The number of pyridine rings is 1. The molecule has 0 aliphatic heterocycles. The maximum absolute atomic E-state index is 12.4. The van der Waals surface area contributed by atoms with Crippen LogP contribution in [0, 0.1) is 0 Å². The summed E-state index contributed by atoms with van der Waals surface area (Å²) in [5.74, 6) is -0.977. The van der Waals surface area contributed by atoms with Crippen molar-refractivity contribution in [2.75, 3.05) is 12.8 Å². The van der Waals surface area contributed by atoms with Crippen LogP contribution in [0.2, 0.25) is 0 Å². The van der Waals surface area contributed by atoms with Gasteiger partial charge in [0, 0.05) is 10.7 Å². The van der Waals surface area contributed by atoms with Gasteiger partial charge in [-0.1, -0.05) is 0 Å². The minimum absolute atomic E-state index is 0.375. The van der Waals surface area contributed by atoms with E-state index in [-0.39, 0.29) is 5.75 Å². The summed E-state index contributed by atoms with van der Waals surface area (Å²) in [6, 6.07) is 0.794. The molecule has 0 amide bonds. The maximum Gasteiger partial charge on any atom is 0.282 e. The average Bonchev–Trinajstić information content (AvgIpc) is 2.15. The molecule has 9 heteroatoms. The minimum Gasteiger partial charge on any atom is -0.494 e. The largest absolute Gasteiger partial charge is 0.494 e. The molecule has 16 heavy (non-hydrogen) atoms. The highest BCUT2D eigenvalue weighted by Crippen LogP contribution is 2.32. The van der Waals surface area contributed by atoms with Gasteiger partial charge in [-0.2, -0.15) is 0 Å². The Bertz CT molecular complexity index is 507. The first kappa shape index (κ1) is 12.9. The van der Waals surface area contributed by atoms with Crippen molar-refractivity contribution in [1.82, 2.24) is 4.98 Å². The summed E-state index contributed by atoms with van der Waals surface area (Å²) in [7, 11) is 1.94. The Morgan fingerprint density at radius 2 is 2.12 bits per heavy atom. The first-order chi connectivity index (χ1) is 7.27. The Balaban J connectivity index is 3.51. The Kier molecular flexibility index (Phi) is 3.54. The Hall–Kier alpha value is -1.15. The molecule has 0 radical (unpaired) electrons. The van der Waals surface area contributed by atoms with Crippen LogP contribution in [-0.2, 0) is 9.05 Å². The third-order valence-electron chi connectivity index (χ3n) is 1.70. The number of alkyl halides is 2. The van der Waals surface area contributed by atoms with Crippen molar-refractivity contribution in [2.24, 2.45) is 0 Å². The van der Waals surface area contributed by atoms with Crippen LogP contribution < -0.4 is 10.5 Å². The molecule has 90 valence electrons. The maximum atomic E-state index is 12.4. The third-order valence-corrected chi connectivity index (χ3v) is 2.89. The lowest BCUT2D eigenvalue weighted by Crippen LogP contribution is -2.06. The molecule has 1 heterocycles. The number of nitrogens with two attached hydrogens (primary N) is 1. The number of nitrogen functional groups attached to an aromatic ring is 1. The molecule has 0 saturated carbocycles. The first-order valence-corrected chi connectivity index (χ1v) is 6.15. The molecule has 0 saturated heterocycles. The highest BCUT2D eigenvalue weighted by atomic mass is 35.7. The second-order valence-electron chi connectivity index (χ2n) is 2.71. The van der Waals surface area contributed by atoms with E-state index in [1.807, 2.05) is 0 Å². The number of hydrogen-bond acceptors (Lipinski definition) is 5. The monoisotopic (exact) mass is 272 g/mol. The number of halogens is 3. The second kappa shape index (κ2) is 4.38. The molecule has 1 aromatic heterocycles. The van der Waals surface area contributed by atoms with E-state index in [0.29, 0.717) is 0 Å². The minimum atomic E-state index is -4.20. The number of hydrogen-bond donors (Lipinski definition) is 1. The van der Waals surface area contributed by atoms with Crippen molar-refractivity contribution >= 4 is 25.6 Å². The SMILES string of the molecule is COc1cc(C(F)F)c(N)nc1S(=O)(=O)Cl. The molecular formula is C7H7ClF2N2O3S. The molecule has 0 aromatic carbocycles. The number of methoxy groups -OCH3 is 1. The van der Waals surface area contributed by atoms with Gasteiger partial charge in [-0.3, -0.25) is 0 Å². The van der Waals surface area contributed by atoms with E-state index in [0.717, 1.165) is 13.2 Å². The molecule has 1 aromatic rings. The average molecular weight is 273 g/mol. The van der Waals surface area contributed by atoms with Crippen LogP contribution in [0.1, 0.15) is 12.0 Å². The van der Waals surface area contributed by atoms with Crippen molar-refractivity contribution in [1.29, 1.82) is 0 Å². The van der Waals surface area contributed by atoms with Gasteiger partial charge < -0.3 is 10.5 Å². The Morgan fingerprint density at radius 3 is 2.50 bits per heavy atom. The van der Waals surface area contributed by atoms with Gasteiger partial charge in [0.25, 0.3) is 15.5 Å². The summed E-state index contributed by atoms with van der Waals surface area (Å²) < 4.78 is 51.5. The molecule has 0 atom stereocenters. The molecule has 0 fully saturated rings. The molecule has 0 aliphatic rings. The van der Waals surface area contributed by atoms with E-state index in [9.17, 15) is 17.2 Å². The summed E-state index contributed by atoms with van der Waals surface area (Å²) >= 11 is 0. The number of rotatable bonds is 3. The second-order valence-corrected chi connectivity index (χ2v) is 5.19. The molecule has 0 unspecified atom stereocenters. The highest BCUT2D eigenvalue weighted by Gasteiger charge is 2.24. The lowest BCUT2D eigenvalue weighted by Gasteiger charge is -2.09. The predicted molar refractivity (Wildman–Crippen MR) is 53.2 cm³/mol. The van der Waals surface area contributed by atoms with Gasteiger partial charge in [0.2, 0.25) is 5.03 Å². The van der Waals surface area contributed by atoms with E-state index in [1.54, 1.807) is 0 Å². The molecule has 2 N–H and O–H groups in total. The van der Waals surface area contributed by atoms with Gasteiger partial charge >= 0.3 is 0 Å². The fourth-order valence-electron chi connectivity index (χ4n) is 1.00. The molecule has 5 nitrogen and oxygen atoms in total. The summed E-state index contributed by atoms with van der Waals surface area (Å²) in [5, 5.41) is -0.682. The lowest BCUT2D eigenvalue weighted by atomic mass is 10.2. The van der Waals surface area contributed by atoms with Crippen molar-refractivity contribution in [3.05, 3.63) is 11.6 Å². The van der Waals surface area contributed by atoms with Crippen LogP contribution >= 0.6 is 10.7 Å². The Morgan fingerprint density at radius 1 is 1.56 bits per heavy atom. The molecule has 0 spiro atoms. The fraction of sp³-hybridized carbons (Fsp3) is 0.286. The zero-order valence-corrected chi connectivity index (χ0v) is 9.52. The summed E-state index contributed by atoms with van der Waals surface area (Å²) in [6.07, 6.45) is -2.88. The first-order valence-electron chi connectivity index (χ1n) is 3.84. The van der Waals surface area contributed by atoms with E-state index in [4.69, 9.17) is 16.4 Å². The van der Waals surface area contributed by atoms with E-state index in [1.165, 1.54) is 0 Å². The van der Waals surface area contributed by atoms with Crippen molar-refractivity contribution in [2.45, 2.75) is 11.5 Å². The third kappa shape index (κ3) is 2.50. The lowest BCUT2D eigenvalue weighted by molar-refractivity contribution is 0.151. The van der Waals surface area contributed by atoms with Crippen LogP contribution in [-0.4, -0.2) is 20.5 Å². The number of nitrogens with zero attached hydrogens (tertiary/aromatic N) is 1. The van der Waals surface area contributed by atoms with E-state index >= 15 is 0 Å². The smallest absolute Gasteiger partial charge is 0.282 e. The predicted octanol–water partition coefficient (Wildman–Crippen LogP) is 1.54. The summed E-state index contributed by atoms with van der Waals surface area (Å²) in [6.45, 7) is 0. The fourth-order valence-corrected chi connectivity index (χ4v) is 1.92. The van der Waals surface area contributed by atoms with Crippen molar-refractivity contribution < 1.29 is 21.9 Å². The molecule has 0 aliphatic carbocycles. The van der Waals surface area contributed by atoms with E-state index < -0.39 is 31.9 Å². The van der Waals surface area contributed by atoms with Crippen LogP contribution in [0.15, 0.2) is 11.1 Å². The standard InChI is InChI=1S/C7H7ClF2N2O3S/c1-15-4-2-3(5(9)10)6(11)12-7(4)16(8,13)14/h2,5H,1H3,(H2,11,12). The van der Waals surface area contributed by atoms with Crippen molar-refractivity contribution in [3.63, 3.8) is 0 Å². The number of anilines is 1. The van der Waals surface area contributed by atoms with Crippen LogP contribution in [0.25, 0.3) is 0 Å². The number of ether oxygens (including phenoxy) is 1. The van der Waals surface area contributed by atoms with Gasteiger partial charge in [0.1, 0.15) is 5.82 Å². The molecule has 1 rings (SSSR count). The van der Waals surface area contributed by atoms with Gasteiger partial charge in [-0.05, 0) is 6.07 Å². The van der Waals surface area contributed by atoms with Crippen LogP contribution in [0.3, 0.4) is 0 Å². The zero-order valence-electron chi connectivity index (χ0n) is 7.95. The van der Waals surface area contributed by atoms with Crippen LogP contribution in [0.5, 0.6) is 5.75 Å². The number of aromatic nitrogens is 1. The van der Waals surface area contributed by atoms with Gasteiger partial charge in [-0.15, -0.1) is 0 Å². The Labute approximate surface area is 94.6 Å². The van der Waals surface area contributed by atoms with Gasteiger partial charge in [-0.25, -0.2) is 22.2 Å². The van der Waals surface area contributed by atoms with Gasteiger partial charge in [0.15, 0.2) is 5.75 Å². The highest BCUT2D eigenvalue weighted by molar-refractivity contribution is 8.13. The van der Waals surface area contributed by atoms with Crippen molar-refractivity contribution in [3.8, 4) is 5.75 Å². The molecule has 0 bridgehead atoms. The van der Waals surface area contributed by atoms with Crippen LogP contribution in [0.4, 0.5) is 14.6 Å². The summed E-state index contributed by atoms with van der Waals surface area (Å²) in [4.78, 5) is 3.29. The zero-order chi connectivity index (χ0) is 12.5. The quantitative estimate of drug-likeness (QED) is 0.844. The molecular weight excluding hydrogens is 266 g/mol.